The molecule has 1 unspecified atom stereocenters. The Morgan fingerprint density at radius 2 is 2.00 bits per heavy atom. The average molecular weight is 254 g/mol. The molecule has 104 valence electrons. The maximum absolute atomic E-state index is 11.4. The van der Waals surface area contributed by atoms with Crippen molar-refractivity contribution in [2.75, 3.05) is 26.7 Å². The molecule has 1 saturated carbocycles. The van der Waals surface area contributed by atoms with Crippen LogP contribution in [-0.2, 0) is 9.53 Å². The summed E-state index contributed by atoms with van der Waals surface area (Å²) in [7, 11) is 1.48. The van der Waals surface area contributed by atoms with Gasteiger partial charge < -0.3 is 10.1 Å². The van der Waals surface area contributed by atoms with Crippen LogP contribution in [0.25, 0.3) is 0 Å². The Morgan fingerprint density at radius 1 is 1.33 bits per heavy atom. The minimum atomic E-state index is -0.0848. The summed E-state index contributed by atoms with van der Waals surface area (Å²) in [6, 6.07) is 1.04. The first-order chi connectivity index (χ1) is 8.70. The van der Waals surface area contributed by atoms with Crippen LogP contribution < -0.4 is 5.32 Å². The molecule has 1 saturated heterocycles. The number of methoxy groups -OCH3 is 1. The van der Waals surface area contributed by atoms with E-state index in [4.69, 9.17) is 4.74 Å². The summed E-state index contributed by atoms with van der Waals surface area (Å²) in [5.41, 5.74) is 0. The molecule has 0 amide bonds. The molecule has 0 radical (unpaired) electrons. The predicted molar refractivity (Wildman–Crippen MR) is 71.4 cm³/mol. The van der Waals surface area contributed by atoms with E-state index in [0.29, 0.717) is 12.5 Å². The molecule has 2 aliphatic rings. The first-order valence-corrected chi connectivity index (χ1v) is 7.24. The number of hydrogen-bond donors (Lipinski definition) is 1. The van der Waals surface area contributed by atoms with Crippen LogP contribution in [0, 0.1) is 5.92 Å². The molecule has 4 heteroatoms. The van der Waals surface area contributed by atoms with Gasteiger partial charge in [0.1, 0.15) is 0 Å². The molecular weight excluding hydrogens is 228 g/mol. The highest BCUT2D eigenvalue weighted by Crippen LogP contribution is 2.31. The number of nitrogens with zero attached hydrogens (tertiary/aromatic N) is 1. The standard InChI is InChI=1S/C14H26N2O2/c1-11(9-14(17)18-2)16(13-3-4-13)10-12-5-7-15-8-6-12/h11-13,15H,3-10H2,1-2H3. The quantitative estimate of drug-likeness (QED) is 0.728. The van der Waals surface area contributed by atoms with Gasteiger partial charge in [-0.25, -0.2) is 0 Å². The van der Waals surface area contributed by atoms with Gasteiger partial charge in [0.25, 0.3) is 0 Å². The third-order valence-electron chi connectivity index (χ3n) is 4.20. The van der Waals surface area contributed by atoms with E-state index in [-0.39, 0.29) is 5.97 Å². The van der Waals surface area contributed by atoms with Crippen LogP contribution in [0.3, 0.4) is 0 Å². The average Bonchev–Trinajstić information content (AvgIpc) is 3.21. The highest BCUT2D eigenvalue weighted by atomic mass is 16.5. The molecular formula is C14H26N2O2. The Bertz CT molecular complexity index is 273. The SMILES string of the molecule is COC(=O)CC(C)N(CC1CCNCC1)C1CC1. The molecule has 0 bridgehead atoms. The van der Waals surface area contributed by atoms with Gasteiger partial charge in [-0.3, -0.25) is 9.69 Å². The van der Waals surface area contributed by atoms with Crippen molar-refractivity contribution < 1.29 is 9.53 Å². The van der Waals surface area contributed by atoms with Gasteiger partial charge in [-0.15, -0.1) is 0 Å². The Hall–Kier alpha value is -0.610. The van der Waals surface area contributed by atoms with E-state index in [1.54, 1.807) is 0 Å². The molecule has 0 aromatic carbocycles. The summed E-state index contributed by atoms with van der Waals surface area (Å²) in [6.45, 7) is 5.62. The van der Waals surface area contributed by atoms with E-state index < -0.39 is 0 Å². The van der Waals surface area contributed by atoms with E-state index >= 15 is 0 Å². The van der Waals surface area contributed by atoms with Crippen molar-refractivity contribution in [1.82, 2.24) is 10.2 Å². The van der Waals surface area contributed by atoms with Crippen molar-refractivity contribution in [1.29, 1.82) is 0 Å². The first kappa shape index (κ1) is 13.8. The smallest absolute Gasteiger partial charge is 0.307 e. The maximum Gasteiger partial charge on any atom is 0.307 e. The Labute approximate surface area is 110 Å². The Morgan fingerprint density at radius 3 is 2.56 bits per heavy atom. The van der Waals surface area contributed by atoms with Crippen LogP contribution in [0.2, 0.25) is 0 Å². The van der Waals surface area contributed by atoms with Gasteiger partial charge in [0.15, 0.2) is 0 Å². The van der Waals surface area contributed by atoms with Crippen molar-refractivity contribution >= 4 is 5.97 Å². The number of piperidine rings is 1. The zero-order chi connectivity index (χ0) is 13.0. The highest BCUT2D eigenvalue weighted by Gasteiger charge is 2.34. The third kappa shape index (κ3) is 3.95. The lowest BCUT2D eigenvalue weighted by Gasteiger charge is -2.34. The van der Waals surface area contributed by atoms with Crippen LogP contribution in [0.15, 0.2) is 0 Å². The van der Waals surface area contributed by atoms with E-state index in [1.165, 1.54) is 32.8 Å². The maximum atomic E-state index is 11.4. The third-order valence-corrected chi connectivity index (χ3v) is 4.20. The molecule has 0 aromatic rings. The summed E-state index contributed by atoms with van der Waals surface area (Å²) < 4.78 is 4.79. The zero-order valence-electron chi connectivity index (χ0n) is 11.7. The van der Waals surface area contributed by atoms with Crippen molar-refractivity contribution in [2.45, 2.75) is 51.1 Å². The molecule has 2 fully saturated rings. The minimum Gasteiger partial charge on any atom is -0.469 e. The lowest BCUT2D eigenvalue weighted by molar-refractivity contribution is -0.142. The number of nitrogens with one attached hydrogen (secondary N) is 1. The predicted octanol–water partition coefficient (Wildman–Crippen LogP) is 1.40. The van der Waals surface area contributed by atoms with Gasteiger partial charge in [0.05, 0.1) is 13.5 Å². The molecule has 0 aromatic heterocycles. The topological polar surface area (TPSA) is 41.6 Å². The summed E-state index contributed by atoms with van der Waals surface area (Å²) in [5.74, 6) is 0.713. The number of hydrogen-bond acceptors (Lipinski definition) is 4. The van der Waals surface area contributed by atoms with Crippen molar-refractivity contribution in [3.63, 3.8) is 0 Å². The lowest BCUT2D eigenvalue weighted by Crippen LogP contribution is -2.42. The molecule has 1 heterocycles. The van der Waals surface area contributed by atoms with Crippen LogP contribution in [0.1, 0.15) is 39.0 Å². The fourth-order valence-corrected chi connectivity index (χ4v) is 2.90. The first-order valence-electron chi connectivity index (χ1n) is 7.24. The van der Waals surface area contributed by atoms with Crippen LogP contribution in [-0.4, -0.2) is 49.7 Å². The van der Waals surface area contributed by atoms with Gasteiger partial charge in [0.2, 0.25) is 0 Å². The number of rotatable bonds is 6. The fraction of sp³-hybridized carbons (Fsp3) is 0.929. The summed E-state index contributed by atoms with van der Waals surface area (Å²) in [5, 5.41) is 3.41. The van der Waals surface area contributed by atoms with E-state index in [1.807, 2.05) is 0 Å². The van der Waals surface area contributed by atoms with Gasteiger partial charge in [-0.2, -0.15) is 0 Å². The fourth-order valence-electron chi connectivity index (χ4n) is 2.90. The summed E-state index contributed by atoms with van der Waals surface area (Å²) in [6.07, 6.45) is 5.67. The van der Waals surface area contributed by atoms with Crippen LogP contribution in [0.5, 0.6) is 0 Å². The van der Waals surface area contributed by atoms with Gasteiger partial charge in [-0.05, 0) is 51.6 Å². The molecule has 1 aliphatic heterocycles. The normalized spacial score (nSPS) is 23.1. The number of ether oxygens (including phenoxy) is 1. The van der Waals surface area contributed by atoms with Crippen LogP contribution in [0.4, 0.5) is 0 Å². The second-order valence-electron chi connectivity index (χ2n) is 5.75. The molecule has 18 heavy (non-hydrogen) atoms. The van der Waals surface area contributed by atoms with Crippen molar-refractivity contribution in [2.24, 2.45) is 5.92 Å². The number of carbonyl (C=O) groups excluding carboxylic acids is 1. The Balaban J connectivity index is 1.84. The van der Waals surface area contributed by atoms with Gasteiger partial charge >= 0.3 is 5.97 Å². The van der Waals surface area contributed by atoms with Gasteiger partial charge in [-0.1, -0.05) is 0 Å². The lowest BCUT2D eigenvalue weighted by atomic mass is 9.96. The number of esters is 1. The molecule has 4 nitrogen and oxygen atoms in total. The molecule has 1 aliphatic carbocycles. The molecule has 1 N–H and O–H groups in total. The number of carbonyl (C=O) groups is 1. The van der Waals surface area contributed by atoms with Crippen molar-refractivity contribution in [3.05, 3.63) is 0 Å². The Kier molecular flexibility index (Phi) is 5.01. The zero-order valence-corrected chi connectivity index (χ0v) is 11.7. The van der Waals surface area contributed by atoms with E-state index in [9.17, 15) is 4.79 Å². The van der Waals surface area contributed by atoms with Crippen LogP contribution >= 0.6 is 0 Å². The van der Waals surface area contributed by atoms with Gasteiger partial charge in [0, 0.05) is 18.6 Å². The minimum absolute atomic E-state index is 0.0848. The van der Waals surface area contributed by atoms with E-state index in [2.05, 4.69) is 17.1 Å². The molecule has 2 rings (SSSR count). The second-order valence-corrected chi connectivity index (χ2v) is 5.75. The summed E-state index contributed by atoms with van der Waals surface area (Å²) in [4.78, 5) is 14.0. The van der Waals surface area contributed by atoms with Crippen molar-refractivity contribution in [3.8, 4) is 0 Å². The molecule has 0 spiro atoms. The summed E-state index contributed by atoms with van der Waals surface area (Å²) >= 11 is 0. The second kappa shape index (κ2) is 6.53. The monoisotopic (exact) mass is 254 g/mol. The highest BCUT2D eigenvalue weighted by molar-refractivity contribution is 5.69. The largest absolute Gasteiger partial charge is 0.469 e. The van der Waals surface area contributed by atoms with E-state index in [0.717, 1.165) is 31.6 Å². The molecule has 1 atom stereocenters.